The molecule has 4 aliphatic heterocycles. The zero-order valence-corrected chi connectivity index (χ0v) is 16.3. The van der Waals surface area contributed by atoms with Crippen molar-refractivity contribution in [1.82, 2.24) is 9.80 Å². The molecule has 5 heteroatoms. The molecule has 1 aromatic carbocycles. The number of likely N-dealkylation sites (tertiary alicyclic amines) is 1. The number of carbonyl (C=O) groups excluding carboxylic acids is 1. The van der Waals surface area contributed by atoms with Gasteiger partial charge in [-0.2, -0.15) is 0 Å². The summed E-state index contributed by atoms with van der Waals surface area (Å²) < 4.78 is 10.8. The Labute approximate surface area is 156 Å². The second-order valence-electron chi connectivity index (χ2n) is 8.41. The van der Waals surface area contributed by atoms with E-state index in [1.165, 1.54) is 18.4 Å². The van der Waals surface area contributed by atoms with Crippen LogP contribution in [0.3, 0.4) is 0 Å². The second kappa shape index (κ2) is 6.54. The number of ether oxygens (including phenoxy) is 2. The van der Waals surface area contributed by atoms with Crippen molar-refractivity contribution in [3.05, 3.63) is 29.8 Å². The third kappa shape index (κ3) is 2.72. The Balaban J connectivity index is 1.68. The molecule has 0 unspecified atom stereocenters. The zero-order chi connectivity index (χ0) is 18.5. The van der Waals surface area contributed by atoms with Gasteiger partial charge in [0, 0.05) is 25.6 Å². The van der Waals surface area contributed by atoms with Crippen LogP contribution < -0.4 is 4.74 Å². The highest BCUT2D eigenvalue weighted by Gasteiger charge is 2.56. The topological polar surface area (TPSA) is 42.0 Å². The van der Waals surface area contributed by atoms with Gasteiger partial charge in [0.2, 0.25) is 0 Å². The Morgan fingerprint density at radius 3 is 2.31 bits per heavy atom. The number of amides is 1. The summed E-state index contributed by atoms with van der Waals surface area (Å²) in [5, 5.41) is 0. The van der Waals surface area contributed by atoms with E-state index in [0.29, 0.717) is 23.9 Å². The summed E-state index contributed by atoms with van der Waals surface area (Å²) in [7, 11) is 3.32. The molecule has 0 saturated carbocycles. The van der Waals surface area contributed by atoms with Gasteiger partial charge >= 0.3 is 0 Å². The van der Waals surface area contributed by atoms with Crippen molar-refractivity contribution < 1.29 is 14.3 Å². The van der Waals surface area contributed by atoms with E-state index in [1.807, 2.05) is 26.0 Å². The lowest BCUT2D eigenvalue weighted by Gasteiger charge is -2.51. The molecule has 4 fully saturated rings. The van der Waals surface area contributed by atoms with Gasteiger partial charge in [-0.3, -0.25) is 9.69 Å². The van der Waals surface area contributed by atoms with Gasteiger partial charge in [-0.25, -0.2) is 0 Å². The molecule has 142 valence electrons. The van der Waals surface area contributed by atoms with Crippen LogP contribution in [0.1, 0.15) is 38.2 Å². The predicted octanol–water partition coefficient (Wildman–Crippen LogP) is 2.51. The molecule has 4 heterocycles. The Morgan fingerprint density at radius 2 is 1.73 bits per heavy atom. The minimum atomic E-state index is -0.772. The Bertz CT molecular complexity index is 664. The fraction of sp³-hybridized carbons (Fsp3) is 0.667. The first-order valence-electron chi connectivity index (χ1n) is 9.70. The van der Waals surface area contributed by atoms with Crippen LogP contribution in [0.15, 0.2) is 24.3 Å². The van der Waals surface area contributed by atoms with E-state index < -0.39 is 5.60 Å². The van der Waals surface area contributed by atoms with Gasteiger partial charge in [-0.1, -0.05) is 12.1 Å². The third-order valence-electron chi connectivity index (χ3n) is 6.82. The first kappa shape index (κ1) is 17.8. The standard InChI is InChI=1S/C21H30N2O3/c1-21(2,26-4)20(24)23-13-17(14-5-7-16(25-3)8-6-14)19-18(23)15-9-11-22(19)12-10-15/h5-8,15,17-19H,9-13H2,1-4H3/t17-,18+,19+/m1/s1. The third-order valence-corrected chi connectivity index (χ3v) is 6.82. The highest BCUT2D eigenvalue weighted by molar-refractivity contribution is 5.85. The first-order valence-corrected chi connectivity index (χ1v) is 9.70. The molecule has 2 bridgehead atoms. The lowest BCUT2D eigenvalue weighted by Crippen LogP contribution is -2.62. The highest BCUT2D eigenvalue weighted by atomic mass is 16.5. The van der Waals surface area contributed by atoms with Crippen molar-refractivity contribution in [2.75, 3.05) is 33.9 Å². The summed E-state index contributed by atoms with van der Waals surface area (Å²) in [6, 6.07) is 9.13. The van der Waals surface area contributed by atoms with Crippen LogP contribution in [0.2, 0.25) is 0 Å². The number of benzene rings is 1. The van der Waals surface area contributed by atoms with E-state index in [-0.39, 0.29) is 5.91 Å². The van der Waals surface area contributed by atoms with Crippen LogP contribution in [0.25, 0.3) is 0 Å². The number of carbonyl (C=O) groups is 1. The largest absolute Gasteiger partial charge is 0.497 e. The monoisotopic (exact) mass is 358 g/mol. The summed E-state index contributed by atoms with van der Waals surface area (Å²) in [6.07, 6.45) is 2.40. The van der Waals surface area contributed by atoms with E-state index in [4.69, 9.17) is 9.47 Å². The van der Waals surface area contributed by atoms with Crippen molar-refractivity contribution in [2.45, 2.75) is 50.3 Å². The van der Waals surface area contributed by atoms with Gasteiger partial charge in [0.1, 0.15) is 11.4 Å². The summed E-state index contributed by atoms with van der Waals surface area (Å²) >= 11 is 0. The van der Waals surface area contributed by atoms with Crippen LogP contribution in [0.4, 0.5) is 0 Å². The minimum absolute atomic E-state index is 0.125. The summed E-state index contributed by atoms with van der Waals surface area (Å²) in [6.45, 7) is 6.86. The van der Waals surface area contributed by atoms with Gasteiger partial charge in [0.25, 0.3) is 5.91 Å². The van der Waals surface area contributed by atoms with Crippen molar-refractivity contribution in [3.8, 4) is 5.75 Å². The molecule has 0 N–H and O–H groups in total. The number of methoxy groups -OCH3 is 2. The van der Waals surface area contributed by atoms with Gasteiger partial charge in [0.05, 0.1) is 13.2 Å². The van der Waals surface area contributed by atoms with Crippen LogP contribution >= 0.6 is 0 Å². The quantitative estimate of drug-likeness (QED) is 0.829. The minimum Gasteiger partial charge on any atom is -0.497 e. The molecule has 5 rings (SSSR count). The zero-order valence-electron chi connectivity index (χ0n) is 16.3. The molecule has 5 nitrogen and oxygen atoms in total. The molecule has 3 atom stereocenters. The number of fused-ring (bicyclic) bond motifs is 2. The highest BCUT2D eigenvalue weighted by Crippen LogP contribution is 2.47. The second-order valence-corrected chi connectivity index (χ2v) is 8.41. The smallest absolute Gasteiger partial charge is 0.254 e. The number of rotatable bonds is 4. The van der Waals surface area contributed by atoms with E-state index >= 15 is 0 Å². The summed E-state index contributed by atoms with van der Waals surface area (Å²) in [5.74, 6) is 1.97. The molecular weight excluding hydrogens is 328 g/mol. The molecule has 26 heavy (non-hydrogen) atoms. The fourth-order valence-corrected chi connectivity index (χ4v) is 5.23. The summed E-state index contributed by atoms with van der Waals surface area (Å²) in [4.78, 5) is 18.0. The van der Waals surface area contributed by atoms with Crippen molar-refractivity contribution in [3.63, 3.8) is 0 Å². The number of hydrogen-bond donors (Lipinski definition) is 0. The average molecular weight is 358 g/mol. The fourth-order valence-electron chi connectivity index (χ4n) is 5.23. The molecule has 0 aliphatic carbocycles. The van der Waals surface area contributed by atoms with Crippen LogP contribution in [0.5, 0.6) is 5.75 Å². The number of nitrogens with zero attached hydrogens (tertiary/aromatic N) is 2. The van der Waals surface area contributed by atoms with Gasteiger partial charge in [-0.05, 0) is 63.4 Å². The maximum Gasteiger partial charge on any atom is 0.254 e. The maximum absolute atomic E-state index is 13.3. The molecule has 4 aliphatic rings. The van der Waals surface area contributed by atoms with Gasteiger partial charge in [0.15, 0.2) is 0 Å². The number of hydrogen-bond acceptors (Lipinski definition) is 4. The Morgan fingerprint density at radius 1 is 1.08 bits per heavy atom. The first-order chi connectivity index (χ1) is 12.5. The van der Waals surface area contributed by atoms with Crippen LogP contribution in [0, 0.1) is 5.92 Å². The lowest BCUT2D eigenvalue weighted by atomic mass is 9.75. The normalized spacial score (nSPS) is 33.2. The summed E-state index contributed by atoms with van der Waals surface area (Å²) in [5.41, 5.74) is 0.532. The van der Waals surface area contributed by atoms with Gasteiger partial charge in [-0.15, -0.1) is 0 Å². The SMILES string of the molecule is COc1ccc([C@H]2CN(C(=O)C(C)(C)OC)[C@H]3C4CCN(CC4)[C@@H]23)cc1. The average Bonchev–Trinajstić information content (AvgIpc) is 3.11. The lowest BCUT2D eigenvalue weighted by molar-refractivity contribution is -0.155. The van der Waals surface area contributed by atoms with Crippen LogP contribution in [-0.4, -0.2) is 67.2 Å². The molecule has 1 amide bonds. The Kier molecular flexibility index (Phi) is 4.48. The molecule has 4 saturated heterocycles. The van der Waals surface area contributed by atoms with Crippen molar-refractivity contribution >= 4 is 5.91 Å². The number of piperidine rings is 3. The van der Waals surface area contributed by atoms with Crippen LogP contribution in [-0.2, 0) is 9.53 Å². The van der Waals surface area contributed by atoms with E-state index in [0.717, 1.165) is 25.4 Å². The predicted molar refractivity (Wildman–Crippen MR) is 100 cm³/mol. The van der Waals surface area contributed by atoms with E-state index in [9.17, 15) is 4.79 Å². The van der Waals surface area contributed by atoms with Crippen molar-refractivity contribution in [2.24, 2.45) is 5.92 Å². The molecule has 0 radical (unpaired) electrons. The van der Waals surface area contributed by atoms with Gasteiger partial charge < -0.3 is 14.4 Å². The molecule has 1 aromatic rings. The van der Waals surface area contributed by atoms with E-state index in [2.05, 4.69) is 21.9 Å². The van der Waals surface area contributed by atoms with E-state index in [1.54, 1.807) is 14.2 Å². The maximum atomic E-state index is 13.3. The Hall–Kier alpha value is -1.59. The van der Waals surface area contributed by atoms with Crippen molar-refractivity contribution in [1.29, 1.82) is 0 Å². The molecule has 0 spiro atoms. The molecular formula is C21H30N2O3. The molecule has 0 aromatic heterocycles.